The molecular formula is C20H28N4O2. The van der Waals surface area contributed by atoms with Gasteiger partial charge < -0.3 is 10.2 Å². The van der Waals surface area contributed by atoms with E-state index in [4.69, 9.17) is 0 Å². The fraction of sp³-hybridized carbons (Fsp3) is 0.650. The van der Waals surface area contributed by atoms with Crippen LogP contribution in [0.2, 0.25) is 0 Å². The third-order valence-electron chi connectivity index (χ3n) is 5.88. The van der Waals surface area contributed by atoms with Gasteiger partial charge in [0.1, 0.15) is 0 Å². The number of nitrogens with one attached hydrogen (secondary N) is 1. The van der Waals surface area contributed by atoms with Gasteiger partial charge in [-0.05, 0) is 50.8 Å². The zero-order valence-electron chi connectivity index (χ0n) is 15.3. The van der Waals surface area contributed by atoms with E-state index < -0.39 is 0 Å². The van der Waals surface area contributed by atoms with Crippen molar-refractivity contribution < 1.29 is 9.59 Å². The van der Waals surface area contributed by atoms with Crippen LogP contribution in [0.4, 0.5) is 0 Å². The normalized spacial score (nSPS) is 26.9. The van der Waals surface area contributed by atoms with Crippen LogP contribution >= 0.6 is 0 Å². The monoisotopic (exact) mass is 356 g/mol. The van der Waals surface area contributed by atoms with Gasteiger partial charge >= 0.3 is 0 Å². The highest BCUT2D eigenvalue weighted by Gasteiger charge is 2.42. The van der Waals surface area contributed by atoms with Crippen molar-refractivity contribution in [2.45, 2.75) is 51.1 Å². The minimum absolute atomic E-state index is 0.126. The van der Waals surface area contributed by atoms with Crippen LogP contribution in [0.1, 0.15) is 44.2 Å². The van der Waals surface area contributed by atoms with E-state index in [0.717, 1.165) is 57.4 Å². The van der Waals surface area contributed by atoms with Crippen LogP contribution in [0.25, 0.3) is 0 Å². The number of pyridine rings is 1. The van der Waals surface area contributed by atoms with Crippen LogP contribution in [-0.2, 0) is 16.1 Å². The number of amides is 2. The molecule has 1 saturated carbocycles. The molecule has 140 valence electrons. The number of rotatable bonds is 5. The quantitative estimate of drug-likeness (QED) is 0.870. The first kappa shape index (κ1) is 17.5. The number of likely N-dealkylation sites (tertiary alicyclic amines) is 2. The van der Waals surface area contributed by atoms with Crippen LogP contribution in [0.3, 0.4) is 0 Å². The summed E-state index contributed by atoms with van der Waals surface area (Å²) >= 11 is 0. The van der Waals surface area contributed by atoms with E-state index in [1.807, 2.05) is 23.1 Å². The molecule has 1 N–H and O–H groups in total. The number of aromatic nitrogens is 1. The molecule has 0 bridgehead atoms. The van der Waals surface area contributed by atoms with Gasteiger partial charge in [-0.3, -0.25) is 19.5 Å². The first-order valence-electron chi connectivity index (χ1n) is 9.81. The van der Waals surface area contributed by atoms with Crippen LogP contribution in [-0.4, -0.2) is 58.8 Å². The summed E-state index contributed by atoms with van der Waals surface area (Å²) < 4.78 is 0. The van der Waals surface area contributed by atoms with Crippen molar-refractivity contribution in [3.8, 4) is 0 Å². The molecule has 4 rings (SSSR count). The average molecular weight is 356 g/mol. The summed E-state index contributed by atoms with van der Waals surface area (Å²) in [5.74, 6) is 0.381. The van der Waals surface area contributed by atoms with Gasteiger partial charge in [0.15, 0.2) is 0 Å². The molecule has 1 aromatic heterocycles. The Morgan fingerprint density at radius 3 is 2.92 bits per heavy atom. The molecule has 3 fully saturated rings. The Kier molecular flexibility index (Phi) is 4.94. The molecule has 6 nitrogen and oxygen atoms in total. The van der Waals surface area contributed by atoms with E-state index in [1.54, 1.807) is 6.20 Å². The summed E-state index contributed by atoms with van der Waals surface area (Å²) in [5.41, 5.74) is 1.07. The number of hydrogen-bond donors (Lipinski definition) is 1. The Hall–Kier alpha value is -1.95. The van der Waals surface area contributed by atoms with Crippen molar-refractivity contribution >= 4 is 11.8 Å². The van der Waals surface area contributed by atoms with Crippen molar-refractivity contribution in [2.24, 2.45) is 5.41 Å². The number of piperidine rings is 2. The fourth-order valence-corrected chi connectivity index (χ4v) is 4.42. The lowest BCUT2D eigenvalue weighted by molar-refractivity contribution is -0.141. The SMILES string of the molecule is O=C(CN1CCC[C@]2(CCC(=O)N(Cc3ccccn3)C2)C1)NC1CC1. The molecule has 6 heteroatoms. The van der Waals surface area contributed by atoms with E-state index in [-0.39, 0.29) is 17.2 Å². The highest BCUT2D eigenvalue weighted by molar-refractivity contribution is 5.79. The molecule has 0 unspecified atom stereocenters. The van der Waals surface area contributed by atoms with Crippen LogP contribution in [0.5, 0.6) is 0 Å². The molecule has 1 atom stereocenters. The first-order valence-corrected chi connectivity index (χ1v) is 9.81. The number of nitrogens with zero attached hydrogens (tertiary/aromatic N) is 3. The van der Waals surface area contributed by atoms with E-state index in [2.05, 4.69) is 15.2 Å². The smallest absolute Gasteiger partial charge is 0.234 e. The molecule has 2 saturated heterocycles. The van der Waals surface area contributed by atoms with Gasteiger partial charge in [-0.25, -0.2) is 0 Å². The first-order chi connectivity index (χ1) is 12.6. The Morgan fingerprint density at radius 1 is 1.27 bits per heavy atom. The van der Waals surface area contributed by atoms with Gasteiger partial charge in [0, 0.05) is 37.2 Å². The number of carbonyl (C=O) groups excluding carboxylic acids is 2. The lowest BCUT2D eigenvalue weighted by atomic mass is 9.73. The Morgan fingerprint density at radius 2 is 2.15 bits per heavy atom. The zero-order valence-corrected chi connectivity index (χ0v) is 15.3. The summed E-state index contributed by atoms with van der Waals surface area (Å²) in [6.45, 7) is 3.75. The molecule has 1 aliphatic carbocycles. The van der Waals surface area contributed by atoms with Crippen molar-refractivity contribution in [3.05, 3.63) is 30.1 Å². The minimum Gasteiger partial charge on any atom is -0.352 e. The third-order valence-corrected chi connectivity index (χ3v) is 5.88. The summed E-state index contributed by atoms with van der Waals surface area (Å²) in [7, 11) is 0. The predicted molar refractivity (Wildman–Crippen MR) is 98.2 cm³/mol. The second-order valence-electron chi connectivity index (χ2n) is 8.23. The molecule has 1 spiro atoms. The summed E-state index contributed by atoms with van der Waals surface area (Å²) in [6.07, 6.45) is 7.81. The molecule has 26 heavy (non-hydrogen) atoms. The van der Waals surface area contributed by atoms with Gasteiger partial charge in [-0.15, -0.1) is 0 Å². The minimum atomic E-state index is 0.126. The molecule has 2 aliphatic heterocycles. The van der Waals surface area contributed by atoms with Gasteiger partial charge in [0.05, 0.1) is 18.8 Å². The van der Waals surface area contributed by atoms with Gasteiger partial charge in [-0.2, -0.15) is 0 Å². The fourth-order valence-electron chi connectivity index (χ4n) is 4.42. The second-order valence-corrected chi connectivity index (χ2v) is 8.23. The summed E-state index contributed by atoms with van der Waals surface area (Å²) in [5, 5.41) is 3.09. The maximum Gasteiger partial charge on any atom is 0.234 e. The lowest BCUT2D eigenvalue weighted by Crippen LogP contribution is -2.55. The Balaban J connectivity index is 1.38. The van der Waals surface area contributed by atoms with Gasteiger partial charge in [0.2, 0.25) is 11.8 Å². The van der Waals surface area contributed by atoms with Crippen LogP contribution in [0, 0.1) is 5.41 Å². The highest BCUT2D eigenvalue weighted by atomic mass is 16.2. The van der Waals surface area contributed by atoms with Crippen molar-refractivity contribution in [3.63, 3.8) is 0 Å². The van der Waals surface area contributed by atoms with Gasteiger partial charge in [-0.1, -0.05) is 6.07 Å². The number of carbonyl (C=O) groups is 2. The average Bonchev–Trinajstić information content (AvgIpc) is 3.43. The highest BCUT2D eigenvalue weighted by Crippen LogP contribution is 2.39. The Labute approximate surface area is 155 Å². The maximum atomic E-state index is 12.4. The van der Waals surface area contributed by atoms with E-state index in [1.165, 1.54) is 0 Å². The van der Waals surface area contributed by atoms with Crippen LogP contribution < -0.4 is 5.32 Å². The second kappa shape index (κ2) is 7.35. The molecule has 3 aliphatic rings. The molecule has 3 heterocycles. The molecule has 1 aromatic rings. The standard InChI is InChI=1S/C20H28N4O2/c25-18(22-16-5-6-16)13-23-11-3-8-20(14-23)9-7-19(26)24(15-20)12-17-4-1-2-10-21-17/h1-2,4,10,16H,3,5-9,11-15H2,(H,22,25)/t20-/m0/s1. The number of hydrogen-bond acceptors (Lipinski definition) is 4. The Bertz CT molecular complexity index is 661. The largest absolute Gasteiger partial charge is 0.352 e. The van der Waals surface area contributed by atoms with Crippen LogP contribution in [0.15, 0.2) is 24.4 Å². The van der Waals surface area contributed by atoms with Crippen molar-refractivity contribution in [2.75, 3.05) is 26.2 Å². The van der Waals surface area contributed by atoms with E-state index in [0.29, 0.717) is 25.6 Å². The predicted octanol–water partition coefficient (Wildman–Crippen LogP) is 1.56. The summed E-state index contributed by atoms with van der Waals surface area (Å²) in [4.78, 5) is 33.2. The molecule has 0 aromatic carbocycles. The van der Waals surface area contributed by atoms with E-state index in [9.17, 15) is 9.59 Å². The third kappa shape index (κ3) is 4.23. The zero-order chi connectivity index (χ0) is 18.0. The van der Waals surface area contributed by atoms with Gasteiger partial charge in [0.25, 0.3) is 0 Å². The lowest BCUT2D eigenvalue weighted by Gasteiger charge is -2.48. The van der Waals surface area contributed by atoms with E-state index >= 15 is 0 Å². The molecular weight excluding hydrogens is 328 g/mol. The maximum absolute atomic E-state index is 12.4. The molecule has 2 amide bonds. The summed E-state index contributed by atoms with van der Waals surface area (Å²) in [6, 6.07) is 6.26. The molecule has 0 radical (unpaired) electrons. The van der Waals surface area contributed by atoms with Crippen molar-refractivity contribution in [1.29, 1.82) is 0 Å². The topological polar surface area (TPSA) is 65.5 Å². The van der Waals surface area contributed by atoms with Crippen molar-refractivity contribution in [1.82, 2.24) is 20.1 Å².